The van der Waals surface area contributed by atoms with Crippen molar-refractivity contribution in [2.45, 2.75) is 51.4 Å². The number of carbonyl (C=O) groups excluding carboxylic acids is 2. The lowest BCUT2D eigenvalue weighted by Gasteiger charge is -2.45. The van der Waals surface area contributed by atoms with Crippen LogP contribution in [-0.4, -0.2) is 41.0 Å². The smallest absolute Gasteiger partial charge is 0.343 e. The van der Waals surface area contributed by atoms with Crippen LogP contribution in [0.1, 0.15) is 33.6 Å². The minimum absolute atomic E-state index is 0.273. The largest absolute Gasteiger partial charge is 0.390 e. The van der Waals surface area contributed by atoms with Gasteiger partial charge in [0.05, 0.1) is 6.42 Å². The molecule has 2 atom stereocenters. The van der Waals surface area contributed by atoms with E-state index in [-0.39, 0.29) is 6.42 Å². The van der Waals surface area contributed by atoms with Gasteiger partial charge in [0.2, 0.25) is 11.8 Å². The first-order valence-electron chi connectivity index (χ1n) is 5.81. The van der Waals surface area contributed by atoms with Crippen molar-refractivity contribution < 1.29 is 22.8 Å². The van der Waals surface area contributed by atoms with Crippen molar-refractivity contribution in [3.8, 4) is 0 Å². The maximum Gasteiger partial charge on any atom is 0.390 e. The molecule has 1 rings (SSSR count). The van der Waals surface area contributed by atoms with Gasteiger partial charge in [0, 0.05) is 6.54 Å². The maximum atomic E-state index is 12.2. The van der Waals surface area contributed by atoms with Crippen molar-refractivity contribution >= 4 is 11.8 Å². The number of hydrogen-bond acceptors (Lipinski definition) is 2. The highest BCUT2D eigenvalue weighted by molar-refractivity contribution is 5.99. The summed E-state index contributed by atoms with van der Waals surface area (Å²) >= 11 is 0. The van der Waals surface area contributed by atoms with Crippen molar-refractivity contribution in [2.75, 3.05) is 6.54 Å². The highest BCUT2D eigenvalue weighted by Crippen LogP contribution is 2.28. The first-order valence-corrected chi connectivity index (χ1v) is 5.81. The molecule has 18 heavy (non-hydrogen) atoms. The summed E-state index contributed by atoms with van der Waals surface area (Å²) in [6.07, 6.45) is -5.17. The second-order valence-electron chi connectivity index (χ2n) is 4.68. The number of piperazine rings is 1. The molecular formula is C11H17F3N2O2. The molecule has 0 spiro atoms. The number of amides is 2. The molecule has 0 aliphatic carbocycles. The van der Waals surface area contributed by atoms with E-state index in [2.05, 4.69) is 5.32 Å². The maximum absolute atomic E-state index is 12.2. The number of nitrogens with zero attached hydrogens (tertiary/aromatic N) is 1. The summed E-state index contributed by atoms with van der Waals surface area (Å²) in [5, 5.41) is 2.49. The number of rotatable bonds is 3. The lowest BCUT2D eigenvalue weighted by molar-refractivity contribution is -0.164. The van der Waals surface area contributed by atoms with Crippen LogP contribution in [0.4, 0.5) is 13.2 Å². The van der Waals surface area contributed by atoms with Gasteiger partial charge in [0.15, 0.2) is 0 Å². The van der Waals surface area contributed by atoms with Crippen LogP contribution < -0.4 is 5.32 Å². The Morgan fingerprint density at radius 1 is 1.39 bits per heavy atom. The fraction of sp³-hybridized carbons (Fsp3) is 0.818. The quantitative estimate of drug-likeness (QED) is 0.840. The van der Waals surface area contributed by atoms with Crippen LogP contribution >= 0.6 is 0 Å². The third-order valence-corrected chi connectivity index (χ3v) is 3.38. The van der Waals surface area contributed by atoms with Gasteiger partial charge in [0.1, 0.15) is 11.6 Å². The van der Waals surface area contributed by atoms with Gasteiger partial charge < -0.3 is 10.2 Å². The van der Waals surface area contributed by atoms with Gasteiger partial charge in [0.25, 0.3) is 0 Å². The van der Waals surface area contributed by atoms with E-state index in [9.17, 15) is 22.8 Å². The van der Waals surface area contributed by atoms with Crippen LogP contribution in [0.25, 0.3) is 0 Å². The van der Waals surface area contributed by atoms with E-state index in [1.54, 1.807) is 6.92 Å². The molecule has 4 nitrogen and oxygen atoms in total. The molecule has 1 N–H and O–H groups in total. The summed E-state index contributed by atoms with van der Waals surface area (Å²) in [7, 11) is 0. The summed E-state index contributed by atoms with van der Waals surface area (Å²) in [6, 6.07) is -0.773. The molecule has 2 unspecified atom stereocenters. The molecular weight excluding hydrogens is 249 g/mol. The van der Waals surface area contributed by atoms with E-state index in [1.165, 1.54) is 13.8 Å². The molecule has 1 saturated heterocycles. The summed E-state index contributed by atoms with van der Waals surface area (Å²) in [5.41, 5.74) is -1.20. The highest BCUT2D eigenvalue weighted by Gasteiger charge is 2.47. The van der Waals surface area contributed by atoms with Crippen molar-refractivity contribution in [2.24, 2.45) is 0 Å². The monoisotopic (exact) mass is 266 g/mol. The first kappa shape index (κ1) is 14.8. The average molecular weight is 266 g/mol. The van der Waals surface area contributed by atoms with E-state index in [4.69, 9.17) is 0 Å². The van der Waals surface area contributed by atoms with Crippen LogP contribution in [-0.2, 0) is 9.59 Å². The van der Waals surface area contributed by atoms with Crippen LogP contribution in [0, 0.1) is 0 Å². The van der Waals surface area contributed by atoms with Gasteiger partial charge in [-0.2, -0.15) is 13.2 Å². The van der Waals surface area contributed by atoms with E-state index < -0.39 is 42.5 Å². The van der Waals surface area contributed by atoms with Crippen molar-refractivity contribution in [1.29, 1.82) is 0 Å². The van der Waals surface area contributed by atoms with Gasteiger partial charge in [-0.15, -0.1) is 0 Å². The molecule has 0 bridgehead atoms. The van der Waals surface area contributed by atoms with Crippen molar-refractivity contribution in [3.05, 3.63) is 0 Å². The Hall–Kier alpha value is -1.27. The molecule has 1 aliphatic rings. The predicted molar refractivity (Wildman–Crippen MR) is 58.7 cm³/mol. The number of halogens is 3. The zero-order valence-corrected chi connectivity index (χ0v) is 10.6. The fourth-order valence-corrected chi connectivity index (χ4v) is 1.96. The Morgan fingerprint density at radius 2 is 1.94 bits per heavy atom. The molecule has 1 aliphatic heterocycles. The second-order valence-corrected chi connectivity index (χ2v) is 4.68. The number of hydrogen-bond donors (Lipinski definition) is 1. The average Bonchev–Trinajstić information content (AvgIpc) is 2.25. The lowest BCUT2D eigenvalue weighted by atomic mass is 9.90. The molecule has 0 aromatic rings. The summed E-state index contributed by atoms with van der Waals surface area (Å²) < 4.78 is 36.7. The van der Waals surface area contributed by atoms with Crippen LogP contribution in [0.15, 0.2) is 0 Å². The molecule has 0 aromatic carbocycles. The minimum Gasteiger partial charge on any atom is -0.343 e. The highest BCUT2D eigenvalue weighted by atomic mass is 19.4. The summed E-state index contributed by atoms with van der Waals surface area (Å²) in [6.45, 7) is 4.15. The molecule has 1 fully saturated rings. The van der Waals surface area contributed by atoms with E-state index in [1.807, 2.05) is 0 Å². The van der Waals surface area contributed by atoms with Crippen molar-refractivity contribution in [3.63, 3.8) is 0 Å². The Kier molecular flexibility index (Phi) is 3.92. The second kappa shape index (κ2) is 4.78. The molecule has 0 radical (unpaired) electrons. The summed E-state index contributed by atoms with van der Waals surface area (Å²) in [5.74, 6) is -0.873. The van der Waals surface area contributed by atoms with Gasteiger partial charge in [-0.1, -0.05) is 6.92 Å². The molecule has 1 heterocycles. The normalized spacial score (nSPS) is 29.4. The number of carbonyl (C=O) groups is 2. The van der Waals surface area contributed by atoms with E-state index in [0.29, 0.717) is 0 Å². The zero-order chi connectivity index (χ0) is 14.1. The van der Waals surface area contributed by atoms with Crippen LogP contribution in [0.5, 0.6) is 0 Å². The van der Waals surface area contributed by atoms with E-state index in [0.717, 1.165) is 4.90 Å². The van der Waals surface area contributed by atoms with Crippen molar-refractivity contribution in [1.82, 2.24) is 10.2 Å². The topological polar surface area (TPSA) is 49.4 Å². The zero-order valence-electron chi connectivity index (χ0n) is 10.6. The molecule has 104 valence electrons. The van der Waals surface area contributed by atoms with E-state index >= 15 is 0 Å². The Morgan fingerprint density at radius 3 is 2.39 bits per heavy atom. The molecule has 7 heteroatoms. The summed E-state index contributed by atoms with van der Waals surface area (Å²) in [4.78, 5) is 24.8. The molecule has 0 aromatic heterocycles. The fourth-order valence-electron chi connectivity index (χ4n) is 1.96. The third-order valence-electron chi connectivity index (χ3n) is 3.38. The molecule has 2 amide bonds. The first-order chi connectivity index (χ1) is 8.12. The standard InChI is InChI=1S/C11H17F3N2O2/c1-4-10(3)9(18)15-7(2)8(17)16(10)6-5-11(12,13)14/h7H,4-6H2,1-3H3,(H,15,18). The lowest BCUT2D eigenvalue weighted by Crippen LogP contribution is -2.68. The predicted octanol–water partition coefficient (Wildman–Crippen LogP) is 1.45. The van der Waals surface area contributed by atoms with Gasteiger partial charge >= 0.3 is 6.18 Å². The Labute approximate surface area is 104 Å². The minimum atomic E-state index is -4.34. The molecule has 0 saturated carbocycles. The van der Waals surface area contributed by atoms with Crippen LogP contribution in [0.2, 0.25) is 0 Å². The Bertz CT molecular complexity index is 357. The van der Waals surface area contributed by atoms with Gasteiger partial charge in [-0.05, 0) is 20.3 Å². The van der Waals surface area contributed by atoms with Gasteiger partial charge in [-0.3, -0.25) is 9.59 Å². The van der Waals surface area contributed by atoms with Crippen LogP contribution in [0.3, 0.4) is 0 Å². The van der Waals surface area contributed by atoms with Gasteiger partial charge in [-0.25, -0.2) is 0 Å². The number of alkyl halides is 3. The Balaban J connectivity index is 2.93. The SMILES string of the molecule is CCC1(C)C(=O)NC(C)C(=O)N1CCC(F)(F)F. The third kappa shape index (κ3) is 2.76. The number of nitrogens with one attached hydrogen (secondary N) is 1.